The average Bonchev–Trinajstić information content (AvgIpc) is 2.66. The van der Waals surface area contributed by atoms with Gasteiger partial charge in [-0.3, -0.25) is 10.1 Å². The molecular weight excluding hydrogens is 266 g/mol. The summed E-state index contributed by atoms with van der Waals surface area (Å²) in [6.07, 6.45) is 3.37. The van der Waals surface area contributed by atoms with Gasteiger partial charge in [0.2, 0.25) is 0 Å². The van der Waals surface area contributed by atoms with Gasteiger partial charge in [0.1, 0.15) is 0 Å². The molecule has 1 unspecified atom stereocenters. The summed E-state index contributed by atoms with van der Waals surface area (Å²) < 4.78 is 0. The number of non-ortho nitro benzene ring substituents is 1. The second-order valence-electron chi connectivity index (χ2n) is 6.16. The summed E-state index contributed by atoms with van der Waals surface area (Å²) in [5.41, 5.74) is 2.11. The first kappa shape index (κ1) is 15.8. The van der Waals surface area contributed by atoms with E-state index < -0.39 is 0 Å². The van der Waals surface area contributed by atoms with Crippen molar-refractivity contribution in [2.24, 2.45) is 0 Å². The van der Waals surface area contributed by atoms with Gasteiger partial charge >= 0.3 is 0 Å². The predicted molar refractivity (Wildman–Crippen MR) is 85.8 cm³/mol. The van der Waals surface area contributed by atoms with Crippen molar-refractivity contribution in [3.8, 4) is 0 Å². The number of benzene rings is 1. The van der Waals surface area contributed by atoms with Crippen LogP contribution < -0.4 is 5.32 Å². The quantitative estimate of drug-likeness (QED) is 0.680. The van der Waals surface area contributed by atoms with Crippen molar-refractivity contribution < 1.29 is 4.92 Å². The molecule has 1 aromatic carbocycles. The average molecular weight is 291 g/mol. The Kier molecular flexibility index (Phi) is 5.17. The van der Waals surface area contributed by atoms with Gasteiger partial charge in [-0.25, -0.2) is 0 Å². The number of rotatable bonds is 4. The molecule has 1 fully saturated rings. The molecule has 1 aliphatic heterocycles. The minimum absolute atomic E-state index is 0.153. The molecule has 5 heteroatoms. The molecule has 0 radical (unpaired) electrons. The van der Waals surface area contributed by atoms with E-state index in [1.54, 1.807) is 12.1 Å². The molecule has 116 valence electrons. The van der Waals surface area contributed by atoms with Crippen molar-refractivity contribution in [1.29, 1.82) is 0 Å². The molecule has 0 aromatic heterocycles. The molecule has 1 aromatic rings. The lowest BCUT2D eigenvalue weighted by atomic mass is 10.1. The van der Waals surface area contributed by atoms with Gasteiger partial charge in [0.05, 0.1) is 4.92 Å². The monoisotopic (exact) mass is 291 g/mol. The second kappa shape index (κ2) is 6.89. The number of nitrogens with zero attached hydrogens (tertiary/aromatic N) is 2. The Morgan fingerprint density at radius 1 is 1.33 bits per heavy atom. The third-order valence-corrected chi connectivity index (χ3v) is 4.28. The van der Waals surface area contributed by atoms with Gasteiger partial charge in [0.15, 0.2) is 0 Å². The van der Waals surface area contributed by atoms with Crippen LogP contribution >= 0.6 is 0 Å². The second-order valence-corrected chi connectivity index (χ2v) is 6.16. The fraction of sp³-hybridized carbons (Fsp3) is 0.625. The Morgan fingerprint density at radius 2 is 2.10 bits per heavy atom. The number of nitro groups is 1. The fourth-order valence-electron chi connectivity index (χ4n) is 2.88. The SMILES string of the molecule is Cc1ccc([N+](=O)[O-])cc1NC1CCCN(C(C)C)CC1. The van der Waals surface area contributed by atoms with Crippen LogP contribution in [0.2, 0.25) is 0 Å². The molecule has 1 aliphatic rings. The van der Waals surface area contributed by atoms with Gasteiger partial charge < -0.3 is 10.2 Å². The number of hydrogen-bond acceptors (Lipinski definition) is 4. The van der Waals surface area contributed by atoms with Crippen molar-refractivity contribution in [3.63, 3.8) is 0 Å². The van der Waals surface area contributed by atoms with Crippen LogP contribution in [-0.2, 0) is 0 Å². The molecule has 0 saturated carbocycles. The van der Waals surface area contributed by atoms with Gasteiger partial charge in [-0.05, 0) is 52.1 Å². The van der Waals surface area contributed by atoms with Gasteiger partial charge in [0, 0.05) is 36.4 Å². The largest absolute Gasteiger partial charge is 0.382 e. The maximum Gasteiger partial charge on any atom is 0.271 e. The Balaban J connectivity index is 2.04. The molecule has 21 heavy (non-hydrogen) atoms. The fourth-order valence-corrected chi connectivity index (χ4v) is 2.88. The lowest BCUT2D eigenvalue weighted by Crippen LogP contribution is -2.32. The molecule has 0 spiro atoms. The zero-order valence-corrected chi connectivity index (χ0v) is 13.1. The highest BCUT2D eigenvalue weighted by Crippen LogP contribution is 2.25. The van der Waals surface area contributed by atoms with E-state index >= 15 is 0 Å². The van der Waals surface area contributed by atoms with Crippen LogP contribution in [0.3, 0.4) is 0 Å². The minimum atomic E-state index is -0.335. The first-order valence-electron chi connectivity index (χ1n) is 7.73. The van der Waals surface area contributed by atoms with E-state index in [1.807, 2.05) is 13.0 Å². The highest BCUT2D eigenvalue weighted by atomic mass is 16.6. The summed E-state index contributed by atoms with van der Waals surface area (Å²) >= 11 is 0. The molecule has 0 aliphatic carbocycles. The zero-order chi connectivity index (χ0) is 15.4. The minimum Gasteiger partial charge on any atom is -0.382 e. The van der Waals surface area contributed by atoms with E-state index in [0.29, 0.717) is 12.1 Å². The topological polar surface area (TPSA) is 58.4 Å². The first-order valence-corrected chi connectivity index (χ1v) is 7.73. The normalized spacial score (nSPS) is 20.3. The van der Waals surface area contributed by atoms with E-state index in [-0.39, 0.29) is 10.6 Å². The van der Waals surface area contributed by atoms with E-state index in [9.17, 15) is 10.1 Å². The van der Waals surface area contributed by atoms with Crippen LogP contribution in [0.5, 0.6) is 0 Å². The third kappa shape index (κ3) is 4.17. The summed E-state index contributed by atoms with van der Waals surface area (Å²) in [5.74, 6) is 0. The number of nitrogens with one attached hydrogen (secondary N) is 1. The maximum absolute atomic E-state index is 10.9. The highest BCUT2D eigenvalue weighted by molar-refractivity contribution is 5.57. The Hall–Kier alpha value is -1.62. The Labute approximate surface area is 126 Å². The predicted octanol–water partition coefficient (Wildman–Crippen LogP) is 3.58. The number of anilines is 1. The number of nitro benzene ring substituents is 1. The van der Waals surface area contributed by atoms with E-state index in [2.05, 4.69) is 24.1 Å². The summed E-state index contributed by atoms with van der Waals surface area (Å²) in [4.78, 5) is 13.1. The molecule has 1 atom stereocenters. The summed E-state index contributed by atoms with van der Waals surface area (Å²) in [7, 11) is 0. The molecule has 5 nitrogen and oxygen atoms in total. The van der Waals surface area contributed by atoms with Gasteiger partial charge in [-0.15, -0.1) is 0 Å². The smallest absolute Gasteiger partial charge is 0.271 e. The van der Waals surface area contributed by atoms with Crippen LogP contribution in [-0.4, -0.2) is 35.0 Å². The molecule has 1 N–H and O–H groups in total. The lowest BCUT2D eigenvalue weighted by molar-refractivity contribution is -0.384. The molecule has 0 bridgehead atoms. The number of likely N-dealkylation sites (tertiary alicyclic amines) is 1. The molecule has 0 amide bonds. The Bertz CT molecular complexity index is 502. The molecule has 2 rings (SSSR count). The van der Waals surface area contributed by atoms with Gasteiger partial charge in [0.25, 0.3) is 5.69 Å². The van der Waals surface area contributed by atoms with Crippen molar-refractivity contribution >= 4 is 11.4 Å². The zero-order valence-electron chi connectivity index (χ0n) is 13.1. The van der Waals surface area contributed by atoms with Crippen LogP contribution in [0, 0.1) is 17.0 Å². The Morgan fingerprint density at radius 3 is 2.76 bits per heavy atom. The van der Waals surface area contributed by atoms with Crippen molar-refractivity contribution in [1.82, 2.24) is 4.90 Å². The van der Waals surface area contributed by atoms with Gasteiger partial charge in [-0.2, -0.15) is 0 Å². The van der Waals surface area contributed by atoms with E-state index in [1.165, 1.54) is 6.42 Å². The first-order chi connectivity index (χ1) is 9.97. The highest BCUT2D eigenvalue weighted by Gasteiger charge is 2.19. The summed E-state index contributed by atoms with van der Waals surface area (Å²) in [6, 6.07) is 6.02. The number of aryl methyl sites for hydroxylation is 1. The van der Waals surface area contributed by atoms with E-state index in [0.717, 1.165) is 37.2 Å². The van der Waals surface area contributed by atoms with Crippen LogP contribution in [0.1, 0.15) is 38.7 Å². The van der Waals surface area contributed by atoms with Crippen LogP contribution in [0.25, 0.3) is 0 Å². The van der Waals surface area contributed by atoms with Gasteiger partial charge in [-0.1, -0.05) is 6.07 Å². The molecule has 1 heterocycles. The summed E-state index contributed by atoms with van der Waals surface area (Å²) in [5, 5.41) is 14.4. The van der Waals surface area contributed by atoms with E-state index in [4.69, 9.17) is 0 Å². The van der Waals surface area contributed by atoms with Crippen molar-refractivity contribution in [3.05, 3.63) is 33.9 Å². The molecule has 1 saturated heterocycles. The molecular formula is C16H25N3O2. The maximum atomic E-state index is 10.9. The summed E-state index contributed by atoms with van der Waals surface area (Å²) in [6.45, 7) is 8.69. The van der Waals surface area contributed by atoms with Crippen LogP contribution in [0.4, 0.5) is 11.4 Å². The third-order valence-electron chi connectivity index (χ3n) is 4.28. The van der Waals surface area contributed by atoms with Crippen LogP contribution in [0.15, 0.2) is 18.2 Å². The van der Waals surface area contributed by atoms with Crippen molar-refractivity contribution in [2.75, 3.05) is 18.4 Å². The van der Waals surface area contributed by atoms with Crippen molar-refractivity contribution in [2.45, 2.75) is 52.1 Å². The number of hydrogen-bond donors (Lipinski definition) is 1. The lowest BCUT2D eigenvalue weighted by Gasteiger charge is -2.24. The standard InChI is InChI=1S/C16H25N3O2/c1-12(2)18-9-4-5-14(8-10-18)17-16-11-15(19(20)21)7-6-13(16)3/h6-7,11-12,14,17H,4-5,8-10H2,1-3H3.